The summed E-state index contributed by atoms with van der Waals surface area (Å²) in [5, 5.41) is 3.81. The fraction of sp³-hybridized carbons (Fsp3) is 0.429. The molecule has 1 aromatic carbocycles. The summed E-state index contributed by atoms with van der Waals surface area (Å²) in [6.45, 7) is 5.19. The first-order chi connectivity index (χ1) is 11.8. The summed E-state index contributed by atoms with van der Waals surface area (Å²) in [4.78, 5) is 2.85. The van der Waals surface area contributed by atoms with Gasteiger partial charge in [-0.3, -0.25) is 0 Å². The Labute approximate surface area is 148 Å². The molecule has 0 amide bonds. The number of rotatable bonds is 5. The lowest BCUT2D eigenvalue weighted by Crippen LogP contribution is -2.28. The number of ether oxygens (including phenoxy) is 1. The summed E-state index contributed by atoms with van der Waals surface area (Å²) < 4.78 is 5.93. The number of nitrogens with one attached hydrogen (secondary N) is 1. The SMILES string of the molecule is CCCCOc1ccc2c(c1)C1C=CCC1C(c1ccc(C)s1)N2. The van der Waals surface area contributed by atoms with Gasteiger partial charge in [0.2, 0.25) is 0 Å². The summed E-state index contributed by atoms with van der Waals surface area (Å²) in [7, 11) is 0. The second-order valence-electron chi connectivity index (χ2n) is 6.87. The molecule has 0 saturated carbocycles. The Morgan fingerprint density at radius 3 is 2.96 bits per heavy atom. The molecule has 2 aliphatic rings. The largest absolute Gasteiger partial charge is 0.494 e. The van der Waals surface area contributed by atoms with Crippen molar-refractivity contribution >= 4 is 17.0 Å². The van der Waals surface area contributed by atoms with Gasteiger partial charge in [0.15, 0.2) is 0 Å². The molecule has 0 fully saturated rings. The first kappa shape index (κ1) is 15.8. The number of hydrogen-bond donors (Lipinski definition) is 1. The Morgan fingerprint density at radius 2 is 2.17 bits per heavy atom. The lowest BCUT2D eigenvalue weighted by molar-refractivity contribution is 0.308. The fourth-order valence-electron chi connectivity index (χ4n) is 3.90. The average molecular weight is 340 g/mol. The monoisotopic (exact) mass is 339 g/mol. The van der Waals surface area contributed by atoms with Crippen molar-refractivity contribution in [3.05, 3.63) is 57.8 Å². The lowest BCUT2D eigenvalue weighted by Gasteiger charge is -2.37. The van der Waals surface area contributed by atoms with Crippen LogP contribution in [0.15, 0.2) is 42.5 Å². The van der Waals surface area contributed by atoms with E-state index in [1.165, 1.54) is 27.4 Å². The molecule has 3 heteroatoms. The van der Waals surface area contributed by atoms with Crippen LogP contribution in [-0.4, -0.2) is 6.61 Å². The smallest absolute Gasteiger partial charge is 0.119 e. The standard InChI is InChI=1S/C21H25NOS/c1-3-4-12-23-15-9-10-19-18(13-15)16-6-5-7-17(16)21(22-19)20-11-8-14(2)24-20/h5-6,8-11,13,16-17,21-22H,3-4,7,12H2,1-2H3. The van der Waals surface area contributed by atoms with Crippen LogP contribution in [0.3, 0.4) is 0 Å². The molecular formula is C21H25NOS. The van der Waals surface area contributed by atoms with E-state index in [2.05, 4.69) is 61.6 Å². The highest BCUT2D eigenvalue weighted by Gasteiger charge is 2.38. The highest BCUT2D eigenvalue weighted by molar-refractivity contribution is 7.12. The van der Waals surface area contributed by atoms with Gasteiger partial charge in [-0.2, -0.15) is 0 Å². The zero-order valence-corrected chi connectivity index (χ0v) is 15.2. The normalized spacial score (nSPS) is 24.3. The third-order valence-electron chi connectivity index (χ3n) is 5.17. The number of hydrogen-bond acceptors (Lipinski definition) is 3. The first-order valence-corrected chi connectivity index (χ1v) is 9.84. The Morgan fingerprint density at radius 1 is 1.25 bits per heavy atom. The van der Waals surface area contributed by atoms with E-state index in [1.54, 1.807) is 0 Å². The van der Waals surface area contributed by atoms with E-state index in [-0.39, 0.29) is 0 Å². The van der Waals surface area contributed by atoms with E-state index in [0.29, 0.717) is 17.9 Å². The van der Waals surface area contributed by atoms with Crippen molar-refractivity contribution < 1.29 is 4.74 Å². The molecular weight excluding hydrogens is 314 g/mol. The minimum Gasteiger partial charge on any atom is -0.494 e. The third kappa shape index (κ3) is 2.86. The number of fused-ring (bicyclic) bond motifs is 3. The van der Waals surface area contributed by atoms with Crippen LogP contribution in [0.25, 0.3) is 0 Å². The van der Waals surface area contributed by atoms with Gasteiger partial charge in [-0.05, 0) is 61.6 Å². The van der Waals surface area contributed by atoms with Crippen molar-refractivity contribution in [3.63, 3.8) is 0 Å². The Balaban J connectivity index is 1.63. The highest BCUT2D eigenvalue weighted by Crippen LogP contribution is 2.51. The third-order valence-corrected chi connectivity index (χ3v) is 6.25. The molecule has 0 spiro atoms. The van der Waals surface area contributed by atoms with Gasteiger partial charge in [-0.25, -0.2) is 0 Å². The zero-order valence-electron chi connectivity index (χ0n) is 14.4. The van der Waals surface area contributed by atoms with E-state index in [1.807, 2.05) is 11.3 Å². The number of anilines is 1. The number of unbranched alkanes of at least 4 members (excludes halogenated alkanes) is 1. The molecule has 0 saturated heterocycles. The van der Waals surface area contributed by atoms with Crippen LogP contribution in [0.5, 0.6) is 5.75 Å². The molecule has 24 heavy (non-hydrogen) atoms. The number of aryl methyl sites for hydroxylation is 1. The highest BCUT2D eigenvalue weighted by atomic mass is 32.1. The molecule has 1 N–H and O–H groups in total. The predicted octanol–water partition coefficient (Wildman–Crippen LogP) is 6.06. The van der Waals surface area contributed by atoms with Crippen molar-refractivity contribution in [1.29, 1.82) is 0 Å². The van der Waals surface area contributed by atoms with E-state index in [4.69, 9.17) is 4.74 Å². The fourth-order valence-corrected chi connectivity index (χ4v) is 4.90. The molecule has 3 atom stereocenters. The van der Waals surface area contributed by atoms with Crippen molar-refractivity contribution in [3.8, 4) is 5.75 Å². The van der Waals surface area contributed by atoms with Crippen LogP contribution in [0.2, 0.25) is 0 Å². The summed E-state index contributed by atoms with van der Waals surface area (Å²) in [6, 6.07) is 11.5. The molecule has 0 radical (unpaired) electrons. The number of benzene rings is 1. The van der Waals surface area contributed by atoms with Crippen molar-refractivity contribution in [1.82, 2.24) is 0 Å². The summed E-state index contributed by atoms with van der Waals surface area (Å²) in [5.74, 6) is 2.12. The van der Waals surface area contributed by atoms with Gasteiger partial charge in [-0.1, -0.05) is 25.5 Å². The number of allylic oxidation sites excluding steroid dienone is 2. The minimum absolute atomic E-state index is 0.419. The molecule has 126 valence electrons. The maximum Gasteiger partial charge on any atom is 0.119 e. The molecule has 1 aliphatic heterocycles. The van der Waals surface area contributed by atoms with Crippen molar-refractivity contribution in [2.45, 2.75) is 45.1 Å². The number of thiophene rings is 1. The van der Waals surface area contributed by atoms with Gasteiger partial charge in [0.1, 0.15) is 5.75 Å². The molecule has 1 aromatic heterocycles. The Kier molecular flexibility index (Phi) is 4.36. The van der Waals surface area contributed by atoms with Crippen LogP contribution in [-0.2, 0) is 0 Å². The van der Waals surface area contributed by atoms with Crippen LogP contribution < -0.4 is 10.1 Å². The maximum atomic E-state index is 5.93. The summed E-state index contributed by atoms with van der Waals surface area (Å²) in [5.41, 5.74) is 2.66. The molecule has 3 unspecified atom stereocenters. The van der Waals surface area contributed by atoms with E-state index < -0.39 is 0 Å². The Hall–Kier alpha value is -1.74. The second-order valence-corrected chi connectivity index (χ2v) is 8.19. The molecule has 1 aliphatic carbocycles. The lowest BCUT2D eigenvalue weighted by atomic mass is 9.79. The topological polar surface area (TPSA) is 21.3 Å². The molecule has 0 bridgehead atoms. The zero-order chi connectivity index (χ0) is 16.5. The van der Waals surface area contributed by atoms with Crippen LogP contribution in [0.4, 0.5) is 5.69 Å². The second kappa shape index (κ2) is 6.64. The molecule has 2 aromatic rings. The van der Waals surface area contributed by atoms with Gasteiger partial charge in [0.05, 0.1) is 12.6 Å². The Bertz CT molecular complexity index is 748. The molecule has 4 rings (SSSR count). The average Bonchev–Trinajstić information content (AvgIpc) is 3.23. The van der Waals surface area contributed by atoms with Crippen LogP contribution >= 0.6 is 11.3 Å². The van der Waals surface area contributed by atoms with Crippen molar-refractivity contribution in [2.24, 2.45) is 5.92 Å². The van der Waals surface area contributed by atoms with E-state index in [0.717, 1.165) is 25.2 Å². The molecule has 2 heterocycles. The van der Waals surface area contributed by atoms with Gasteiger partial charge < -0.3 is 10.1 Å². The first-order valence-electron chi connectivity index (χ1n) is 9.02. The summed E-state index contributed by atoms with van der Waals surface area (Å²) >= 11 is 1.92. The van der Waals surface area contributed by atoms with E-state index in [9.17, 15) is 0 Å². The van der Waals surface area contributed by atoms with Gasteiger partial charge in [-0.15, -0.1) is 11.3 Å². The maximum absolute atomic E-state index is 5.93. The van der Waals surface area contributed by atoms with Crippen LogP contribution in [0, 0.1) is 12.8 Å². The van der Waals surface area contributed by atoms with Gasteiger partial charge >= 0.3 is 0 Å². The van der Waals surface area contributed by atoms with Crippen molar-refractivity contribution in [2.75, 3.05) is 11.9 Å². The van der Waals surface area contributed by atoms with Crippen LogP contribution in [0.1, 0.15) is 53.5 Å². The minimum atomic E-state index is 0.419. The quantitative estimate of drug-likeness (QED) is 0.528. The van der Waals surface area contributed by atoms with Gasteiger partial charge in [0.25, 0.3) is 0 Å². The van der Waals surface area contributed by atoms with E-state index >= 15 is 0 Å². The summed E-state index contributed by atoms with van der Waals surface area (Å²) in [6.07, 6.45) is 8.18. The predicted molar refractivity (Wildman–Crippen MR) is 102 cm³/mol. The molecule has 2 nitrogen and oxygen atoms in total. The van der Waals surface area contributed by atoms with Gasteiger partial charge in [0, 0.05) is 21.4 Å².